The highest BCUT2D eigenvalue weighted by Crippen LogP contribution is 2.25. The van der Waals surface area contributed by atoms with Crippen LogP contribution in [-0.4, -0.2) is 5.91 Å². The van der Waals surface area contributed by atoms with E-state index in [9.17, 15) is 4.79 Å². The monoisotopic (exact) mass is 306 g/mol. The van der Waals surface area contributed by atoms with Crippen molar-refractivity contribution >= 4 is 46.6 Å². The summed E-state index contributed by atoms with van der Waals surface area (Å²) in [6, 6.07) is 12.1. The Kier molecular flexibility index (Phi) is 4.66. The van der Waals surface area contributed by atoms with E-state index in [4.69, 9.17) is 28.9 Å². The van der Waals surface area contributed by atoms with Crippen LogP contribution in [-0.2, 0) is 4.79 Å². The van der Waals surface area contributed by atoms with E-state index in [1.807, 2.05) is 12.1 Å². The van der Waals surface area contributed by atoms with Crippen molar-refractivity contribution in [3.8, 4) is 0 Å². The molecule has 0 saturated heterocycles. The minimum atomic E-state index is -0.295. The van der Waals surface area contributed by atoms with Crippen LogP contribution in [0.15, 0.2) is 48.5 Å². The molecule has 0 aliphatic heterocycles. The quantitative estimate of drug-likeness (QED) is 0.658. The molecule has 0 fully saturated rings. The molecule has 0 aromatic heterocycles. The van der Waals surface area contributed by atoms with Gasteiger partial charge in [0.15, 0.2) is 0 Å². The van der Waals surface area contributed by atoms with Crippen molar-refractivity contribution in [2.24, 2.45) is 0 Å². The Morgan fingerprint density at radius 3 is 2.70 bits per heavy atom. The van der Waals surface area contributed by atoms with Crippen LogP contribution >= 0.6 is 23.2 Å². The highest BCUT2D eigenvalue weighted by molar-refractivity contribution is 6.35. The second-order valence-corrected chi connectivity index (χ2v) is 4.96. The maximum atomic E-state index is 11.8. The lowest BCUT2D eigenvalue weighted by Crippen LogP contribution is -2.08. The van der Waals surface area contributed by atoms with Gasteiger partial charge in [0.1, 0.15) is 0 Å². The summed E-state index contributed by atoms with van der Waals surface area (Å²) in [5.74, 6) is -0.295. The summed E-state index contributed by atoms with van der Waals surface area (Å²) < 4.78 is 0. The smallest absolute Gasteiger partial charge is 0.248 e. The minimum Gasteiger partial charge on any atom is -0.399 e. The Morgan fingerprint density at radius 2 is 1.95 bits per heavy atom. The SMILES string of the molecule is Nc1cccc(/C=C/C(=O)Nc2cc(Cl)ccc2Cl)c1. The third-order valence-corrected chi connectivity index (χ3v) is 3.09. The molecule has 0 spiro atoms. The highest BCUT2D eigenvalue weighted by Gasteiger charge is 2.03. The van der Waals surface area contributed by atoms with Gasteiger partial charge >= 0.3 is 0 Å². The molecule has 102 valence electrons. The Balaban J connectivity index is 2.07. The third-order valence-electron chi connectivity index (χ3n) is 2.52. The lowest BCUT2D eigenvalue weighted by atomic mass is 10.2. The number of nitrogen functional groups attached to an aromatic ring is 1. The van der Waals surface area contributed by atoms with Gasteiger partial charge in [-0.1, -0.05) is 35.3 Å². The lowest BCUT2D eigenvalue weighted by molar-refractivity contribution is -0.111. The third kappa shape index (κ3) is 4.02. The molecule has 0 aliphatic carbocycles. The number of nitrogens with two attached hydrogens (primary N) is 1. The number of carbonyl (C=O) groups excluding carboxylic acids is 1. The number of benzene rings is 2. The van der Waals surface area contributed by atoms with Gasteiger partial charge in [0, 0.05) is 16.8 Å². The van der Waals surface area contributed by atoms with E-state index < -0.39 is 0 Å². The molecule has 3 nitrogen and oxygen atoms in total. The van der Waals surface area contributed by atoms with E-state index in [1.54, 1.807) is 36.4 Å². The zero-order chi connectivity index (χ0) is 14.5. The van der Waals surface area contributed by atoms with Crippen LogP contribution in [0.5, 0.6) is 0 Å². The first-order chi connectivity index (χ1) is 9.54. The fourth-order valence-corrected chi connectivity index (χ4v) is 1.94. The van der Waals surface area contributed by atoms with E-state index in [0.29, 0.717) is 21.4 Å². The average Bonchev–Trinajstić information content (AvgIpc) is 2.41. The van der Waals surface area contributed by atoms with Crippen LogP contribution in [0.25, 0.3) is 6.08 Å². The summed E-state index contributed by atoms with van der Waals surface area (Å²) >= 11 is 11.8. The van der Waals surface area contributed by atoms with Gasteiger partial charge < -0.3 is 11.1 Å². The molecular weight excluding hydrogens is 295 g/mol. The van der Waals surface area contributed by atoms with Crippen LogP contribution in [0.4, 0.5) is 11.4 Å². The van der Waals surface area contributed by atoms with Crippen LogP contribution < -0.4 is 11.1 Å². The summed E-state index contributed by atoms with van der Waals surface area (Å²) in [7, 11) is 0. The Hall–Kier alpha value is -1.97. The molecule has 0 saturated carbocycles. The van der Waals surface area contributed by atoms with Crippen molar-refractivity contribution in [1.82, 2.24) is 0 Å². The van der Waals surface area contributed by atoms with Crippen LogP contribution in [0.3, 0.4) is 0 Å². The van der Waals surface area contributed by atoms with Gasteiger partial charge in [-0.05, 0) is 42.0 Å². The van der Waals surface area contributed by atoms with Crippen molar-refractivity contribution in [2.75, 3.05) is 11.1 Å². The number of hydrogen-bond donors (Lipinski definition) is 2. The number of halogens is 2. The normalized spacial score (nSPS) is 10.7. The van der Waals surface area contributed by atoms with Crippen LogP contribution in [0.1, 0.15) is 5.56 Å². The number of carbonyl (C=O) groups is 1. The van der Waals surface area contributed by atoms with E-state index in [-0.39, 0.29) is 5.91 Å². The predicted octanol–water partition coefficient (Wildman–Crippen LogP) is 4.23. The van der Waals surface area contributed by atoms with E-state index in [1.165, 1.54) is 6.08 Å². The highest BCUT2D eigenvalue weighted by atomic mass is 35.5. The van der Waals surface area contributed by atoms with Crippen molar-refractivity contribution < 1.29 is 4.79 Å². The molecule has 0 aliphatic rings. The summed E-state index contributed by atoms with van der Waals surface area (Å²) in [5, 5.41) is 3.60. The molecule has 20 heavy (non-hydrogen) atoms. The Labute approximate surface area is 127 Å². The fourth-order valence-electron chi connectivity index (χ4n) is 1.60. The number of amides is 1. The first-order valence-electron chi connectivity index (χ1n) is 5.84. The van der Waals surface area contributed by atoms with Crippen LogP contribution in [0, 0.1) is 0 Å². The van der Waals surface area contributed by atoms with Crippen molar-refractivity contribution in [3.63, 3.8) is 0 Å². The minimum absolute atomic E-state index is 0.295. The van der Waals surface area contributed by atoms with E-state index >= 15 is 0 Å². The molecule has 2 aromatic carbocycles. The molecule has 0 radical (unpaired) electrons. The van der Waals surface area contributed by atoms with Crippen molar-refractivity contribution in [1.29, 1.82) is 0 Å². The molecule has 5 heteroatoms. The lowest BCUT2D eigenvalue weighted by Gasteiger charge is -2.05. The average molecular weight is 307 g/mol. The molecule has 1 amide bonds. The van der Waals surface area contributed by atoms with Gasteiger partial charge in [0.25, 0.3) is 0 Å². The largest absolute Gasteiger partial charge is 0.399 e. The Bertz CT molecular complexity index is 669. The summed E-state index contributed by atoms with van der Waals surface area (Å²) in [4.78, 5) is 11.8. The second kappa shape index (κ2) is 6.46. The summed E-state index contributed by atoms with van der Waals surface area (Å²) in [5.41, 5.74) is 7.62. The first kappa shape index (κ1) is 14.4. The maximum Gasteiger partial charge on any atom is 0.248 e. The van der Waals surface area contributed by atoms with Gasteiger partial charge in [0.2, 0.25) is 5.91 Å². The second-order valence-electron chi connectivity index (χ2n) is 4.12. The number of nitrogens with one attached hydrogen (secondary N) is 1. The first-order valence-corrected chi connectivity index (χ1v) is 6.60. The molecule has 0 atom stereocenters. The van der Waals surface area contributed by atoms with Crippen molar-refractivity contribution in [3.05, 3.63) is 64.1 Å². The Morgan fingerprint density at radius 1 is 1.15 bits per heavy atom. The number of rotatable bonds is 3. The summed E-state index contributed by atoms with van der Waals surface area (Å²) in [6.45, 7) is 0. The molecular formula is C15H12Cl2N2O. The predicted molar refractivity (Wildman–Crippen MR) is 85.0 cm³/mol. The van der Waals surface area contributed by atoms with Crippen molar-refractivity contribution in [2.45, 2.75) is 0 Å². The molecule has 0 bridgehead atoms. The van der Waals surface area contributed by atoms with Gasteiger partial charge in [-0.2, -0.15) is 0 Å². The standard InChI is InChI=1S/C15H12Cl2N2O/c16-11-5-6-13(17)14(9-11)19-15(20)7-4-10-2-1-3-12(18)8-10/h1-9H,18H2,(H,19,20)/b7-4+. The number of anilines is 2. The molecule has 2 rings (SSSR count). The van der Waals surface area contributed by atoms with Gasteiger partial charge in [-0.3, -0.25) is 4.79 Å². The summed E-state index contributed by atoms with van der Waals surface area (Å²) in [6.07, 6.45) is 3.08. The molecule has 0 unspecified atom stereocenters. The number of hydrogen-bond acceptors (Lipinski definition) is 2. The van der Waals surface area contributed by atoms with E-state index in [2.05, 4.69) is 5.32 Å². The molecule has 2 aromatic rings. The zero-order valence-corrected chi connectivity index (χ0v) is 11.9. The van der Waals surface area contributed by atoms with Gasteiger partial charge in [-0.25, -0.2) is 0 Å². The van der Waals surface area contributed by atoms with E-state index in [0.717, 1.165) is 5.56 Å². The van der Waals surface area contributed by atoms with Gasteiger partial charge in [0.05, 0.1) is 10.7 Å². The zero-order valence-electron chi connectivity index (χ0n) is 10.4. The van der Waals surface area contributed by atoms with Crippen LogP contribution in [0.2, 0.25) is 10.0 Å². The topological polar surface area (TPSA) is 55.1 Å². The molecule has 0 heterocycles. The molecule has 3 N–H and O–H groups in total. The maximum absolute atomic E-state index is 11.8. The fraction of sp³-hybridized carbons (Fsp3) is 0. The van der Waals surface area contributed by atoms with Gasteiger partial charge in [-0.15, -0.1) is 0 Å².